The first-order chi connectivity index (χ1) is 13.7. The number of anilines is 1. The number of aromatic nitrogens is 3. The zero-order valence-corrected chi connectivity index (χ0v) is 17.3. The van der Waals surface area contributed by atoms with Gasteiger partial charge >= 0.3 is 0 Å². The molecule has 1 N–H and O–H groups in total. The Balaban J connectivity index is 1.80. The second-order valence-electron chi connectivity index (χ2n) is 7.38. The Kier molecular flexibility index (Phi) is 5.54. The summed E-state index contributed by atoms with van der Waals surface area (Å²) < 4.78 is 3.31. The first-order valence-corrected chi connectivity index (χ1v) is 9.38. The van der Waals surface area contributed by atoms with Crippen LogP contribution < -0.4 is 10.7 Å². The molecule has 0 aliphatic carbocycles. The number of pyridine rings is 1. The van der Waals surface area contributed by atoms with Crippen molar-refractivity contribution >= 4 is 28.5 Å². The highest BCUT2D eigenvalue weighted by molar-refractivity contribution is 6.05. The zero-order valence-electron chi connectivity index (χ0n) is 17.3. The van der Waals surface area contributed by atoms with Crippen LogP contribution in [0.5, 0.6) is 0 Å². The van der Waals surface area contributed by atoms with Gasteiger partial charge in [0.1, 0.15) is 11.2 Å². The molecule has 152 valence electrons. The standard InChI is InChI=1S/C21H25N5O3/c1-13(2)26(14(3)27)11-15-6-8-16(9-7-15)23-20(29)18-12-24(4)21-17(19(18)28)10-22-25(21)5/h6-10,12-13H,11H2,1-5H3,(H,23,29). The molecule has 3 aromatic rings. The van der Waals surface area contributed by atoms with Gasteiger partial charge in [0, 0.05) is 45.5 Å². The van der Waals surface area contributed by atoms with Crippen LogP contribution in [0, 0.1) is 0 Å². The van der Waals surface area contributed by atoms with E-state index in [0.29, 0.717) is 23.3 Å². The lowest BCUT2D eigenvalue weighted by Gasteiger charge is -2.25. The molecular formula is C21H25N5O3. The summed E-state index contributed by atoms with van der Waals surface area (Å²) >= 11 is 0. The third-order valence-electron chi connectivity index (χ3n) is 4.89. The summed E-state index contributed by atoms with van der Waals surface area (Å²) in [4.78, 5) is 38.8. The molecule has 8 nitrogen and oxygen atoms in total. The van der Waals surface area contributed by atoms with Crippen molar-refractivity contribution in [2.24, 2.45) is 14.1 Å². The normalized spacial score (nSPS) is 11.1. The molecule has 29 heavy (non-hydrogen) atoms. The van der Waals surface area contributed by atoms with Gasteiger partial charge in [-0.15, -0.1) is 0 Å². The number of nitrogens with zero attached hydrogens (tertiary/aromatic N) is 4. The molecule has 0 saturated carbocycles. The Bertz CT molecular complexity index is 1130. The Morgan fingerprint density at radius 2 is 1.83 bits per heavy atom. The van der Waals surface area contributed by atoms with Crippen molar-refractivity contribution in [3.8, 4) is 0 Å². The maximum absolute atomic E-state index is 12.7. The van der Waals surface area contributed by atoms with Crippen LogP contribution in [0.3, 0.4) is 0 Å². The number of benzene rings is 1. The first-order valence-electron chi connectivity index (χ1n) is 9.38. The van der Waals surface area contributed by atoms with Gasteiger partial charge < -0.3 is 14.8 Å². The van der Waals surface area contributed by atoms with Crippen LogP contribution in [0.25, 0.3) is 11.0 Å². The quantitative estimate of drug-likeness (QED) is 0.718. The van der Waals surface area contributed by atoms with Crippen LogP contribution in [0.15, 0.2) is 41.5 Å². The highest BCUT2D eigenvalue weighted by Crippen LogP contribution is 2.15. The monoisotopic (exact) mass is 395 g/mol. The highest BCUT2D eigenvalue weighted by Gasteiger charge is 2.17. The summed E-state index contributed by atoms with van der Waals surface area (Å²) in [5.41, 5.74) is 1.88. The van der Waals surface area contributed by atoms with Crippen molar-refractivity contribution in [3.63, 3.8) is 0 Å². The molecule has 0 bridgehead atoms. The van der Waals surface area contributed by atoms with Crippen molar-refractivity contribution in [1.29, 1.82) is 0 Å². The van der Waals surface area contributed by atoms with Crippen LogP contribution in [0.1, 0.15) is 36.7 Å². The molecule has 2 aromatic heterocycles. The van der Waals surface area contributed by atoms with Crippen molar-refractivity contribution < 1.29 is 9.59 Å². The molecule has 0 saturated heterocycles. The number of fused-ring (bicyclic) bond motifs is 1. The lowest BCUT2D eigenvalue weighted by atomic mass is 10.1. The number of carbonyl (C=O) groups excluding carboxylic acids is 2. The minimum absolute atomic E-state index is 0.0130. The fraction of sp³-hybridized carbons (Fsp3) is 0.333. The smallest absolute Gasteiger partial charge is 0.261 e. The second-order valence-corrected chi connectivity index (χ2v) is 7.38. The second kappa shape index (κ2) is 7.90. The van der Waals surface area contributed by atoms with Crippen molar-refractivity contribution in [1.82, 2.24) is 19.2 Å². The summed E-state index contributed by atoms with van der Waals surface area (Å²) in [5.74, 6) is -0.462. The molecular weight excluding hydrogens is 370 g/mol. The maximum atomic E-state index is 12.7. The number of hydrogen-bond donors (Lipinski definition) is 1. The van der Waals surface area contributed by atoms with E-state index in [1.165, 1.54) is 12.4 Å². The third-order valence-corrected chi connectivity index (χ3v) is 4.89. The van der Waals surface area contributed by atoms with Crippen LogP contribution >= 0.6 is 0 Å². The molecule has 0 aliphatic rings. The van der Waals surface area contributed by atoms with Gasteiger partial charge in [0.05, 0.1) is 11.6 Å². The summed E-state index contributed by atoms with van der Waals surface area (Å²) in [5, 5.41) is 7.26. The van der Waals surface area contributed by atoms with Crippen LogP contribution in [0.4, 0.5) is 5.69 Å². The SMILES string of the molecule is CC(=O)N(Cc1ccc(NC(=O)c2cn(C)c3c(cnn3C)c2=O)cc1)C(C)C. The molecule has 0 atom stereocenters. The average Bonchev–Trinajstić information content (AvgIpc) is 3.06. The number of amides is 2. The Hall–Kier alpha value is -3.42. The number of carbonyl (C=O) groups is 2. The number of aryl methyl sites for hydroxylation is 2. The van der Waals surface area contributed by atoms with Gasteiger partial charge in [0.25, 0.3) is 5.91 Å². The molecule has 3 rings (SSSR count). The lowest BCUT2D eigenvalue weighted by Crippen LogP contribution is -2.34. The van der Waals surface area contributed by atoms with Crippen molar-refractivity contribution in [2.45, 2.75) is 33.4 Å². The average molecular weight is 395 g/mol. The fourth-order valence-corrected chi connectivity index (χ4v) is 3.38. The Labute approximate surface area is 168 Å². The fourth-order valence-electron chi connectivity index (χ4n) is 3.38. The predicted octanol–water partition coefficient (Wildman–Crippen LogP) is 2.28. The molecule has 0 unspecified atom stereocenters. The molecule has 0 radical (unpaired) electrons. The van der Waals surface area contributed by atoms with E-state index >= 15 is 0 Å². The summed E-state index contributed by atoms with van der Waals surface area (Å²) in [6.45, 7) is 5.98. The van der Waals surface area contributed by atoms with Gasteiger partial charge in [0.2, 0.25) is 11.3 Å². The van der Waals surface area contributed by atoms with Gasteiger partial charge in [-0.05, 0) is 31.5 Å². The molecule has 0 fully saturated rings. The Morgan fingerprint density at radius 1 is 1.17 bits per heavy atom. The van der Waals surface area contributed by atoms with E-state index in [0.717, 1.165) is 5.56 Å². The third kappa shape index (κ3) is 4.06. The Morgan fingerprint density at radius 3 is 2.41 bits per heavy atom. The number of nitrogens with one attached hydrogen (secondary N) is 1. The van der Waals surface area contributed by atoms with E-state index in [9.17, 15) is 14.4 Å². The molecule has 8 heteroatoms. The van der Waals surface area contributed by atoms with Gasteiger partial charge in [0.15, 0.2) is 0 Å². The number of rotatable bonds is 5. The molecule has 1 aromatic carbocycles. The van der Waals surface area contributed by atoms with E-state index in [2.05, 4.69) is 10.4 Å². The van der Waals surface area contributed by atoms with Gasteiger partial charge in [-0.1, -0.05) is 12.1 Å². The predicted molar refractivity (Wildman–Crippen MR) is 112 cm³/mol. The van der Waals surface area contributed by atoms with E-state index in [1.54, 1.807) is 47.3 Å². The number of hydrogen-bond acceptors (Lipinski definition) is 4. The van der Waals surface area contributed by atoms with Gasteiger partial charge in [-0.3, -0.25) is 19.1 Å². The summed E-state index contributed by atoms with van der Waals surface area (Å²) in [6.07, 6.45) is 2.99. The van der Waals surface area contributed by atoms with E-state index < -0.39 is 5.91 Å². The van der Waals surface area contributed by atoms with E-state index in [1.807, 2.05) is 26.0 Å². The first kappa shape index (κ1) is 20.3. The van der Waals surface area contributed by atoms with Crippen molar-refractivity contribution in [3.05, 3.63) is 58.0 Å². The minimum Gasteiger partial charge on any atom is -0.336 e. The summed E-state index contributed by atoms with van der Waals surface area (Å²) in [6, 6.07) is 7.34. The maximum Gasteiger partial charge on any atom is 0.261 e. The molecule has 0 spiro atoms. The largest absolute Gasteiger partial charge is 0.336 e. The zero-order chi connectivity index (χ0) is 21.3. The summed E-state index contributed by atoms with van der Waals surface area (Å²) in [7, 11) is 3.51. The van der Waals surface area contributed by atoms with Crippen LogP contribution in [-0.2, 0) is 25.4 Å². The van der Waals surface area contributed by atoms with Crippen LogP contribution in [-0.4, -0.2) is 37.1 Å². The minimum atomic E-state index is -0.475. The van der Waals surface area contributed by atoms with E-state index in [-0.39, 0.29) is 22.9 Å². The van der Waals surface area contributed by atoms with E-state index in [4.69, 9.17) is 0 Å². The van der Waals surface area contributed by atoms with Crippen LogP contribution in [0.2, 0.25) is 0 Å². The lowest BCUT2D eigenvalue weighted by molar-refractivity contribution is -0.131. The molecule has 0 aliphatic heterocycles. The molecule has 2 heterocycles. The van der Waals surface area contributed by atoms with Crippen molar-refractivity contribution in [2.75, 3.05) is 5.32 Å². The highest BCUT2D eigenvalue weighted by atomic mass is 16.2. The topological polar surface area (TPSA) is 89.2 Å². The molecule has 2 amide bonds. The van der Waals surface area contributed by atoms with Gasteiger partial charge in [-0.25, -0.2) is 0 Å². The van der Waals surface area contributed by atoms with Gasteiger partial charge in [-0.2, -0.15) is 5.10 Å².